The number of hydrogen-bond acceptors (Lipinski definition) is 2. The molecule has 0 aliphatic rings. The van der Waals surface area contributed by atoms with Crippen molar-refractivity contribution in [2.24, 2.45) is 7.05 Å². The van der Waals surface area contributed by atoms with Crippen LogP contribution >= 0.6 is 15.9 Å². The first-order valence-electron chi connectivity index (χ1n) is 5.31. The second-order valence-corrected chi connectivity index (χ2v) is 4.58. The molecule has 0 radical (unpaired) electrons. The lowest BCUT2D eigenvalue weighted by Crippen LogP contribution is -2.06. The van der Waals surface area contributed by atoms with E-state index in [9.17, 15) is 0 Å². The minimum absolute atomic E-state index is 0.802. The highest BCUT2D eigenvalue weighted by molar-refractivity contribution is 9.10. The first kappa shape index (κ1) is 11.4. The van der Waals surface area contributed by atoms with Crippen LogP contribution in [-0.2, 0) is 20.0 Å². The van der Waals surface area contributed by atoms with E-state index < -0.39 is 0 Å². The van der Waals surface area contributed by atoms with E-state index in [0.717, 1.165) is 29.0 Å². The summed E-state index contributed by atoms with van der Waals surface area (Å²) in [5.74, 6) is 1.02. The van der Waals surface area contributed by atoms with Gasteiger partial charge in [-0.15, -0.1) is 0 Å². The molecule has 0 aromatic carbocycles. The van der Waals surface area contributed by atoms with Crippen molar-refractivity contribution >= 4 is 15.9 Å². The van der Waals surface area contributed by atoms with Crippen LogP contribution < -0.4 is 0 Å². The zero-order valence-electron chi connectivity index (χ0n) is 9.74. The van der Waals surface area contributed by atoms with E-state index in [0.29, 0.717) is 0 Å². The van der Waals surface area contributed by atoms with Gasteiger partial charge in [-0.1, -0.05) is 6.92 Å². The topological polar surface area (TPSA) is 35.6 Å². The van der Waals surface area contributed by atoms with Gasteiger partial charge in [-0.2, -0.15) is 5.10 Å². The van der Waals surface area contributed by atoms with Gasteiger partial charge in [-0.3, -0.25) is 4.68 Å². The van der Waals surface area contributed by atoms with Gasteiger partial charge in [-0.05, 0) is 29.3 Å². The molecule has 5 heteroatoms. The fourth-order valence-electron chi connectivity index (χ4n) is 1.72. The van der Waals surface area contributed by atoms with Crippen molar-refractivity contribution in [3.8, 4) is 0 Å². The number of imidazole rings is 1. The highest BCUT2D eigenvalue weighted by atomic mass is 79.9. The summed E-state index contributed by atoms with van der Waals surface area (Å²) >= 11 is 3.62. The predicted molar refractivity (Wildman–Crippen MR) is 66.4 cm³/mol. The van der Waals surface area contributed by atoms with Gasteiger partial charge in [0, 0.05) is 19.4 Å². The van der Waals surface area contributed by atoms with E-state index in [1.807, 2.05) is 31.0 Å². The van der Waals surface area contributed by atoms with Crippen molar-refractivity contribution in [3.05, 3.63) is 34.1 Å². The summed E-state index contributed by atoms with van der Waals surface area (Å²) in [5, 5.41) is 4.47. The summed E-state index contributed by atoms with van der Waals surface area (Å²) in [7, 11) is 1.98. The Kier molecular flexibility index (Phi) is 3.14. The maximum absolute atomic E-state index is 4.47. The lowest BCUT2D eigenvalue weighted by Gasteiger charge is -2.06. The molecule has 0 aliphatic heterocycles. The quantitative estimate of drug-likeness (QED) is 0.866. The zero-order valence-corrected chi connectivity index (χ0v) is 11.3. The lowest BCUT2D eigenvalue weighted by atomic mass is 10.3. The van der Waals surface area contributed by atoms with Crippen molar-refractivity contribution in [2.75, 3.05) is 0 Å². The maximum Gasteiger partial charge on any atom is 0.105 e. The SMILES string of the molecule is CCc1nn(C)c(Cn2ccnc2C)c1Br. The van der Waals surface area contributed by atoms with Gasteiger partial charge in [0.1, 0.15) is 5.82 Å². The van der Waals surface area contributed by atoms with Gasteiger partial charge in [0.25, 0.3) is 0 Å². The van der Waals surface area contributed by atoms with Gasteiger partial charge in [-0.25, -0.2) is 4.98 Å². The molecule has 0 aliphatic carbocycles. The van der Waals surface area contributed by atoms with E-state index in [-0.39, 0.29) is 0 Å². The monoisotopic (exact) mass is 282 g/mol. The number of aryl methyl sites for hydroxylation is 3. The smallest absolute Gasteiger partial charge is 0.105 e. The molecule has 0 spiro atoms. The molecule has 0 atom stereocenters. The number of aromatic nitrogens is 4. The Hall–Kier alpha value is -1.10. The molecular weight excluding hydrogens is 268 g/mol. The average molecular weight is 283 g/mol. The molecule has 0 N–H and O–H groups in total. The molecule has 0 saturated carbocycles. The highest BCUT2D eigenvalue weighted by Gasteiger charge is 2.13. The van der Waals surface area contributed by atoms with Crippen LogP contribution in [0.1, 0.15) is 24.1 Å². The van der Waals surface area contributed by atoms with Crippen LogP contribution in [0.25, 0.3) is 0 Å². The van der Waals surface area contributed by atoms with Crippen LogP contribution in [0.4, 0.5) is 0 Å². The molecule has 4 nitrogen and oxygen atoms in total. The van der Waals surface area contributed by atoms with E-state index >= 15 is 0 Å². The average Bonchev–Trinajstić information content (AvgIpc) is 2.77. The Morgan fingerprint density at radius 3 is 2.69 bits per heavy atom. The highest BCUT2D eigenvalue weighted by Crippen LogP contribution is 2.22. The fourth-order valence-corrected chi connectivity index (χ4v) is 2.47. The third-order valence-corrected chi connectivity index (χ3v) is 3.66. The summed E-state index contributed by atoms with van der Waals surface area (Å²) in [6.45, 7) is 4.92. The van der Waals surface area contributed by atoms with E-state index in [2.05, 4.69) is 37.5 Å². The van der Waals surface area contributed by atoms with Gasteiger partial charge < -0.3 is 4.57 Å². The Labute approximate surface area is 103 Å². The van der Waals surface area contributed by atoms with Crippen molar-refractivity contribution in [2.45, 2.75) is 26.8 Å². The Bertz CT molecular complexity index is 498. The molecule has 2 heterocycles. The molecule has 2 aromatic rings. The molecule has 2 aromatic heterocycles. The van der Waals surface area contributed by atoms with Crippen LogP contribution in [0.2, 0.25) is 0 Å². The molecule has 2 rings (SSSR count). The molecule has 0 bridgehead atoms. The van der Waals surface area contributed by atoms with Crippen LogP contribution in [0, 0.1) is 6.92 Å². The van der Waals surface area contributed by atoms with Crippen LogP contribution in [0.15, 0.2) is 16.9 Å². The lowest BCUT2D eigenvalue weighted by molar-refractivity contribution is 0.650. The van der Waals surface area contributed by atoms with E-state index in [1.165, 1.54) is 5.69 Å². The summed E-state index contributed by atoms with van der Waals surface area (Å²) < 4.78 is 5.16. The zero-order chi connectivity index (χ0) is 11.7. The fraction of sp³-hybridized carbons (Fsp3) is 0.455. The second-order valence-electron chi connectivity index (χ2n) is 3.79. The first-order valence-corrected chi connectivity index (χ1v) is 6.10. The van der Waals surface area contributed by atoms with Crippen LogP contribution in [0.5, 0.6) is 0 Å². The van der Waals surface area contributed by atoms with Crippen molar-refractivity contribution in [3.63, 3.8) is 0 Å². The summed E-state index contributed by atoms with van der Waals surface area (Å²) in [6.07, 6.45) is 4.75. The molecule has 16 heavy (non-hydrogen) atoms. The second kappa shape index (κ2) is 4.41. The maximum atomic E-state index is 4.47. The van der Waals surface area contributed by atoms with Crippen LogP contribution in [0.3, 0.4) is 0 Å². The predicted octanol–water partition coefficient (Wildman–Crippen LogP) is 2.30. The molecule has 0 unspecified atom stereocenters. The van der Waals surface area contributed by atoms with Gasteiger partial charge >= 0.3 is 0 Å². The van der Waals surface area contributed by atoms with Crippen molar-refractivity contribution in [1.29, 1.82) is 0 Å². The molecule has 0 amide bonds. The number of hydrogen-bond donors (Lipinski definition) is 0. The van der Waals surface area contributed by atoms with Gasteiger partial charge in [0.15, 0.2) is 0 Å². The third kappa shape index (κ3) is 1.91. The minimum atomic E-state index is 0.802. The Morgan fingerprint density at radius 1 is 1.44 bits per heavy atom. The molecule has 0 fully saturated rings. The molecular formula is C11H15BrN4. The minimum Gasteiger partial charge on any atom is -0.329 e. The standard InChI is InChI=1S/C11H15BrN4/c1-4-9-11(12)10(15(3)14-9)7-16-6-5-13-8(16)2/h5-6H,4,7H2,1-3H3. The number of halogens is 1. The third-order valence-electron chi connectivity index (χ3n) is 2.75. The Balaban J connectivity index is 2.35. The van der Waals surface area contributed by atoms with E-state index in [1.54, 1.807) is 0 Å². The van der Waals surface area contributed by atoms with Crippen molar-refractivity contribution in [1.82, 2.24) is 19.3 Å². The summed E-state index contributed by atoms with van der Waals surface area (Å²) in [5.41, 5.74) is 2.29. The molecule has 0 saturated heterocycles. The van der Waals surface area contributed by atoms with Crippen molar-refractivity contribution < 1.29 is 0 Å². The Morgan fingerprint density at radius 2 is 2.19 bits per heavy atom. The normalized spacial score (nSPS) is 11.0. The van der Waals surface area contributed by atoms with E-state index in [4.69, 9.17) is 0 Å². The number of rotatable bonds is 3. The van der Waals surface area contributed by atoms with Gasteiger partial charge in [0.05, 0.1) is 22.4 Å². The molecule has 86 valence electrons. The summed E-state index contributed by atoms with van der Waals surface area (Å²) in [4.78, 5) is 4.22. The largest absolute Gasteiger partial charge is 0.329 e. The van der Waals surface area contributed by atoms with Crippen LogP contribution in [-0.4, -0.2) is 19.3 Å². The van der Waals surface area contributed by atoms with Gasteiger partial charge in [0.2, 0.25) is 0 Å². The summed E-state index contributed by atoms with van der Waals surface area (Å²) in [6, 6.07) is 0. The number of nitrogens with zero attached hydrogens (tertiary/aromatic N) is 4. The first-order chi connectivity index (χ1) is 7.63.